The van der Waals surface area contributed by atoms with Crippen molar-refractivity contribution < 1.29 is 19.5 Å². The minimum atomic E-state index is -0.820. The lowest BCUT2D eigenvalue weighted by Crippen LogP contribution is -2.42. The number of rotatable bonds is 7. The second kappa shape index (κ2) is 8.88. The molecule has 0 radical (unpaired) electrons. The van der Waals surface area contributed by atoms with Gasteiger partial charge in [-0.3, -0.25) is 24.1 Å². The first kappa shape index (κ1) is 23.5. The number of thioether (sulfide) groups is 1. The molecule has 1 saturated heterocycles. The van der Waals surface area contributed by atoms with Gasteiger partial charge in [-0.1, -0.05) is 45.8 Å². The topological polar surface area (TPSA) is 108 Å². The van der Waals surface area contributed by atoms with E-state index in [1.807, 2.05) is 12.1 Å². The van der Waals surface area contributed by atoms with Gasteiger partial charge in [0.1, 0.15) is 0 Å². The quantitative estimate of drug-likeness (QED) is 0.375. The maximum atomic E-state index is 13.5. The molecule has 2 N–H and O–H groups in total. The fraction of sp³-hybridized carbons (Fsp3) is 0.520. The van der Waals surface area contributed by atoms with Crippen LogP contribution >= 0.6 is 39.0 Å². The lowest BCUT2D eigenvalue weighted by atomic mass is 9.68. The van der Waals surface area contributed by atoms with E-state index in [9.17, 15) is 19.2 Å². The molecule has 2 amide bonds. The summed E-state index contributed by atoms with van der Waals surface area (Å²) >= 11 is 6.56. The van der Waals surface area contributed by atoms with Gasteiger partial charge in [-0.25, -0.2) is 0 Å². The van der Waals surface area contributed by atoms with E-state index < -0.39 is 5.97 Å². The van der Waals surface area contributed by atoms with Crippen molar-refractivity contribution >= 4 is 56.8 Å². The van der Waals surface area contributed by atoms with E-state index >= 15 is 0 Å². The molecule has 184 valence electrons. The number of aromatic nitrogens is 1. The Bertz CT molecular complexity index is 1270. The third kappa shape index (κ3) is 3.74. The molecule has 2 aliphatic carbocycles. The smallest absolute Gasteiger partial charge is 0.305 e. The molecule has 2 aromatic rings. The second-order valence-corrected chi connectivity index (χ2v) is 13.2. The number of aliphatic carboxylic acids is 1. The van der Waals surface area contributed by atoms with Crippen LogP contribution in [0.3, 0.4) is 0 Å². The van der Waals surface area contributed by atoms with E-state index in [0.29, 0.717) is 25.8 Å². The largest absolute Gasteiger partial charge is 0.481 e. The number of imide groups is 1. The van der Waals surface area contributed by atoms with E-state index in [-0.39, 0.29) is 63.9 Å². The molecule has 2 saturated carbocycles. The molecule has 1 aromatic heterocycles. The van der Waals surface area contributed by atoms with Gasteiger partial charge in [0.2, 0.25) is 11.8 Å². The minimum absolute atomic E-state index is 0.0293. The van der Waals surface area contributed by atoms with Crippen LogP contribution in [-0.4, -0.2) is 44.6 Å². The van der Waals surface area contributed by atoms with Crippen LogP contribution in [0.5, 0.6) is 0 Å². The molecule has 10 heteroatoms. The van der Waals surface area contributed by atoms with E-state index in [0.717, 1.165) is 26.4 Å². The average molecular weight is 578 g/mol. The van der Waals surface area contributed by atoms with Crippen molar-refractivity contribution in [2.24, 2.45) is 29.6 Å². The summed E-state index contributed by atoms with van der Waals surface area (Å²) in [7, 11) is 0. The standard InChI is InChI=1S/C25H25BrN2O5S2/c26-12-6-4-5-11(9-12)16-17-13-10-14(20(17)34-22-21(16)35-25(33)27-22)19-18(13)23(31)28(24(19)32)8-3-1-2-7-15(29)30/h4-6,9,13-14,16-20H,1-3,7-8,10H2,(H,27,33)(H,29,30). The number of carboxylic acids is 1. The summed E-state index contributed by atoms with van der Waals surface area (Å²) in [6.07, 6.45) is 2.87. The molecule has 3 heterocycles. The molecule has 7 nitrogen and oxygen atoms in total. The van der Waals surface area contributed by atoms with Crippen molar-refractivity contribution in [2.45, 2.75) is 48.3 Å². The van der Waals surface area contributed by atoms with Gasteiger partial charge in [0.25, 0.3) is 0 Å². The van der Waals surface area contributed by atoms with Crippen molar-refractivity contribution in [3.05, 3.63) is 48.8 Å². The third-order valence-corrected chi connectivity index (χ3v) is 11.4. The van der Waals surface area contributed by atoms with Crippen molar-refractivity contribution in [3.8, 4) is 0 Å². The van der Waals surface area contributed by atoms with Gasteiger partial charge in [0.15, 0.2) is 0 Å². The Balaban J connectivity index is 1.29. The Kier molecular flexibility index (Phi) is 5.96. The number of likely N-dealkylation sites (tertiary alicyclic amines) is 1. The Morgan fingerprint density at radius 2 is 1.89 bits per heavy atom. The minimum Gasteiger partial charge on any atom is -0.481 e. The number of thiazole rings is 1. The predicted octanol–water partition coefficient (Wildman–Crippen LogP) is 4.32. The molecule has 35 heavy (non-hydrogen) atoms. The first-order valence-corrected chi connectivity index (χ1v) is 14.6. The predicted molar refractivity (Wildman–Crippen MR) is 135 cm³/mol. The number of carbonyl (C=O) groups is 3. The van der Waals surface area contributed by atoms with Gasteiger partial charge >= 0.3 is 10.8 Å². The number of hydrogen-bond acceptors (Lipinski definition) is 6. The summed E-state index contributed by atoms with van der Waals surface area (Å²) < 4.78 is 0.983. The third-order valence-electron chi connectivity index (χ3n) is 8.30. The van der Waals surface area contributed by atoms with E-state index in [4.69, 9.17) is 5.11 Å². The number of benzene rings is 1. The average Bonchev–Trinajstić information content (AvgIpc) is 3.53. The van der Waals surface area contributed by atoms with Crippen LogP contribution in [-0.2, 0) is 14.4 Å². The summed E-state index contributed by atoms with van der Waals surface area (Å²) in [6.45, 7) is 0.377. The van der Waals surface area contributed by atoms with Crippen molar-refractivity contribution in [3.63, 3.8) is 0 Å². The molecule has 7 atom stereocenters. The number of H-pyrrole nitrogens is 1. The molecule has 1 aromatic carbocycles. The number of unbranched alkanes of at least 4 members (excludes halogenated alkanes) is 2. The Hall–Kier alpha value is -1.91. The SMILES string of the molecule is O=C(O)CCCCCN1C(=O)C2C3CC(C2C1=O)C1C(c2cccc(Br)c2)c2sc(=O)[nH]c2SC31. The van der Waals surface area contributed by atoms with E-state index in [1.54, 1.807) is 11.8 Å². The first-order chi connectivity index (χ1) is 16.8. The maximum Gasteiger partial charge on any atom is 0.305 e. The number of nitrogens with zero attached hydrogens (tertiary/aromatic N) is 1. The number of fused-ring (bicyclic) bond motifs is 9. The summed E-state index contributed by atoms with van der Waals surface area (Å²) in [4.78, 5) is 55.5. The number of nitrogens with one attached hydrogen (secondary N) is 1. The van der Waals surface area contributed by atoms with Crippen LogP contribution in [0.25, 0.3) is 0 Å². The van der Waals surface area contributed by atoms with Gasteiger partial charge in [-0.2, -0.15) is 0 Å². The molecular weight excluding hydrogens is 552 g/mol. The number of halogens is 1. The molecule has 3 fully saturated rings. The fourth-order valence-corrected chi connectivity index (χ4v) is 10.4. The first-order valence-electron chi connectivity index (χ1n) is 12.1. The highest BCUT2D eigenvalue weighted by Gasteiger charge is 2.69. The Labute approximate surface area is 218 Å². The van der Waals surface area contributed by atoms with Crippen molar-refractivity contribution in [2.75, 3.05) is 6.54 Å². The number of amides is 2. The zero-order valence-corrected chi connectivity index (χ0v) is 22.0. The zero-order chi connectivity index (χ0) is 24.4. The lowest BCUT2D eigenvalue weighted by Gasteiger charge is -2.43. The van der Waals surface area contributed by atoms with Crippen molar-refractivity contribution in [1.82, 2.24) is 9.88 Å². The molecular formula is C25H25BrN2O5S2. The highest BCUT2D eigenvalue weighted by molar-refractivity contribution is 9.10. The number of aromatic amines is 1. The molecule has 7 unspecified atom stereocenters. The number of carboxylic acid groups (broad SMARTS) is 1. The van der Waals surface area contributed by atoms with Gasteiger partial charge < -0.3 is 10.1 Å². The normalized spacial score (nSPS) is 32.6. The summed E-state index contributed by atoms with van der Waals surface area (Å²) in [5.41, 5.74) is 1.14. The van der Waals surface area contributed by atoms with Crippen LogP contribution in [0, 0.1) is 29.6 Å². The van der Waals surface area contributed by atoms with E-state index in [1.165, 1.54) is 16.2 Å². The Morgan fingerprint density at radius 1 is 1.11 bits per heavy atom. The molecule has 6 rings (SSSR count). The fourth-order valence-electron chi connectivity index (χ4n) is 7.10. The monoisotopic (exact) mass is 576 g/mol. The highest BCUT2D eigenvalue weighted by Crippen LogP contribution is 2.68. The van der Waals surface area contributed by atoms with Crippen molar-refractivity contribution in [1.29, 1.82) is 0 Å². The summed E-state index contributed by atoms with van der Waals surface area (Å²) in [5, 5.41) is 9.93. The van der Waals surface area contributed by atoms with Gasteiger partial charge in [-0.05, 0) is 54.7 Å². The molecule has 4 aliphatic rings. The van der Waals surface area contributed by atoms with Crippen LogP contribution in [0.2, 0.25) is 0 Å². The van der Waals surface area contributed by atoms with Gasteiger partial charge in [-0.15, -0.1) is 11.8 Å². The second-order valence-electron chi connectivity index (χ2n) is 10.0. The van der Waals surface area contributed by atoms with Crippen LogP contribution in [0.4, 0.5) is 0 Å². The molecule has 2 aliphatic heterocycles. The lowest BCUT2D eigenvalue weighted by molar-refractivity contribution is -0.141. The summed E-state index contributed by atoms with van der Waals surface area (Å²) in [6, 6.07) is 8.21. The van der Waals surface area contributed by atoms with Crippen LogP contribution in [0.15, 0.2) is 38.6 Å². The highest BCUT2D eigenvalue weighted by atomic mass is 79.9. The van der Waals surface area contributed by atoms with Crippen LogP contribution in [0.1, 0.15) is 48.5 Å². The number of carbonyl (C=O) groups excluding carboxylic acids is 2. The number of hydrogen-bond donors (Lipinski definition) is 2. The van der Waals surface area contributed by atoms with Gasteiger partial charge in [0, 0.05) is 33.5 Å². The van der Waals surface area contributed by atoms with Crippen LogP contribution < -0.4 is 4.87 Å². The zero-order valence-electron chi connectivity index (χ0n) is 18.8. The molecule has 2 bridgehead atoms. The molecule has 0 spiro atoms. The summed E-state index contributed by atoms with van der Waals surface area (Å²) in [5.74, 6) is -0.989. The Morgan fingerprint density at radius 3 is 2.63 bits per heavy atom. The van der Waals surface area contributed by atoms with Gasteiger partial charge in [0.05, 0.1) is 16.9 Å². The van der Waals surface area contributed by atoms with E-state index in [2.05, 4.69) is 33.0 Å². The maximum absolute atomic E-state index is 13.5.